The van der Waals surface area contributed by atoms with Crippen molar-refractivity contribution in [2.24, 2.45) is 5.92 Å². The van der Waals surface area contributed by atoms with Crippen LogP contribution in [0.25, 0.3) is 0 Å². The summed E-state index contributed by atoms with van der Waals surface area (Å²) >= 11 is 0. The fraction of sp³-hybridized carbons (Fsp3) is 0.765. The first-order chi connectivity index (χ1) is 9.95. The third-order valence-corrected chi connectivity index (χ3v) is 4.53. The smallest absolute Gasteiger partial charge is 0.344 e. The molecule has 0 bridgehead atoms. The van der Waals surface area contributed by atoms with Crippen LogP contribution in [0.4, 0.5) is 0 Å². The minimum atomic E-state index is -0.553. The highest BCUT2D eigenvalue weighted by Crippen LogP contribution is 2.39. The Morgan fingerprint density at radius 3 is 2.19 bits per heavy atom. The van der Waals surface area contributed by atoms with Gasteiger partial charge in [0.25, 0.3) is 0 Å². The Kier molecular flexibility index (Phi) is 6.93. The SMILES string of the molecule is C=C(C)C(=O)OCC(=O)OC(CC)(CC)C1CCCCC1. The molecule has 0 heterocycles. The van der Waals surface area contributed by atoms with Gasteiger partial charge in [-0.1, -0.05) is 39.7 Å². The standard InChI is InChI=1S/C17H28O4/c1-5-17(6-2,14-10-8-7-9-11-14)21-15(18)12-20-16(19)13(3)4/h14H,3,5-12H2,1-2,4H3. The topological polar surface area (TPSA) is 52.6 Å². The molecular weight excluding hydrogens is 268 g/mol. The Labute approximate surface area is 127 Å². The van der Waals surface area contributed by atoms with E-state index in [0.29, 0.717) is 5.92 Å². The summed E-state index contributed by atoms with van der Waals surface area (Å²) in [5.41, 5.74) is -0.125. The van der Waals surface area contributed by atoms with Crippen LogP contribution in [0.3, 0.4) is 0 Å². The summed E-state index contributed by atoms with van der Waals surface area (Å²) in [6, 6.07) is 0. The van der Waals surface area contributed by atoms with Crippen LogP contribution in [0.5, 0.6) is 0 Å². The fourth-order valence-corrected chi connectivity index (χ4v) is 3.19. The van der Waals surface area contributed by atoms with Gasteiger partial charge in [0.15, 0.2) is 6.61 Å². The highest BCUT2D eigenvalue weighted by molar-refractivity contribution is 5.88. The Morgan fingerprint density at radius 1 is 1.14 bits per heavy atom. The Bertz CT molecular complexity index is 376. The van der Waals surface area contributed by atoms with E-state index in [4.69, 9.17) is 9.47 Å². The van der Waals surface area contributed by atoms with E-state index in [1.165, 1.54) is 19.3 Å². The molecule has 0 saturated heterocycles. The van der Waals surface area contributed by atoms with Gasteiger partial charge in [-0.25, -0.2) is 9.59 Å². The van der Waals surface area contributed by atoms with Crippen LogP contribution < -0.4 is 0 Å². The van der Waals surface area contributed by atoms with Crippen molar-refractivity contribution in [2.45, 2.75) is 71.3 Å². The molecule has 0 aliphatic heterocycles. The van der Waals surface area contributed by atoms with Crippen molar-refractivity contribution < 1.29 is 19.1 Å². The van der Waals surface area contributed by atoms with Gasteiger partial charge in [0.1, 0.15) is 5.60 Å². The van der Waals surface area contributed by atoms with Crippen LogP contribution >= 0.6 is 0 Å². The predicted octanol–water partition coefficient (Wildman–Crippen LogP) is 3.79. The van der Waals surface area contributed by atoms with Crippen molar-refractivity contribution in [3.63, 3.8) is 0 Å². The number of hydrogen-bond donors (Lipinski definition) is 0. The summed E-state index contributed by atoms with van der Waals surface area (Å²) in [5, 5.41) is 0. The Morgan fingerprint density at radius 2 is 1.71 bits per heavy atom. The van der Waals surface area contributed by atoms with Gasteiger partial charge >= 0.3 is 11.9 Å². The van der Waals surface area contributed by atoms with Crippen molar-refractivity contribution in [2.75, 3.05) is 6.61 Å². The molecule has 4 nitrogen and oxygen atoms in total. The van der Waals surface area contributed by atoms with Crippen molar-refractivity contribution >= 4 is 11.9 Å². The normalized spacial score (nSPS) is 16.3. The van der Waals surface area contributed by atoms with E-state index in [1.807, 2.05) is 0 Å². The van der Waals surface area contributed by atoms with Crippen molar-refractivity contribution in [1.82, 2.24) is 0 Å². The Hall–Kier alpha value is -1.32. The number of hydrogen-bond acceptors (Lipinski definition) is 4. The van der Waals surface area contributed by atoms with E-state index in [0.717, 1.165) is 25.7 Å². The number of esters is 2. The van der Waals surface area contributed by atoms with Crippen LogP contribution in [-0.4, -0.2) is 24.1 Å². The minimum absolute atomic E-state index is 0.285. The quantitative estimate of drug-likeness (QED) is 0.530. The fourth-order valence-electron chi connectivity index (χ4n) is 3.19. The number of carbonyl (C=O) groups excluding carboxylic acids is 2. The number of rotatable bonds is 7. The maximum absolute atomic E-state index is 12.0. The molecular formula is C17H28O4. The molecule has 0 amide bonds. The van der Waals surface area contributed by atoms with E-state index in [1.54, 1.807) is 6.92 Å². The van der Waals surface area contributed by atoms with Gasteiger partial charge in [-0.3, -0.25) is 0 Å². The lowest BCUT2D eigenvalue weighted by atomic mass is 9.74. The minimum Gasteiger partial charge on any atom is -0.456 e. The molecule has 1 saturated carbocycles. The van der Waals surface area contributed by atoms with Crippen LogP contribution in [0.2, 0.25) is 0 Å². The van der Waals surface area contributed by atoms with E-state index in [-0.39, 0.29) is 12.2 Å². The zero-order valence-electron chi connectivity index (χ0n) is 13.6. The third-order valence-electron chi connectivity index (χ3n) is 4.53. The second-order valence-electron chi connectivity index (χ2n) is 5.94. The van der Waals surface area contributed by atoms with Crippen LogP contribution in [-0.2, 0) is 19.1 Å². The maximum Gasteiger partial charge on any atom is 0.344 e. The van der Waals surface area contributed by atoms with Crippen LogP contribution in [0.15, 0.2) is 12.2 Å². The van der Waals surface area contributed by atoms with Crippen molar-refractivity contribution in [3.8, 4) is 0 Å². The molecule has 0 N–H and O–H groups in total. The second kappa shape index (κ2) is 8.20. The van der Waals surface area contributed by atoms with E-state index < -0.39 is 17.5 Å². The van der Waals surface area contributed by atoms with Gasteiger partial charge in [-0.15, -0.1) is 0 Å². The molecule has 0 unspecified atom stereocenters. The zero-order valence-corrected chi connectivity index (χ0v) is 13.6. The van der Waals surface area contributed by atoms with Crippen LogP contribution in [0, 0.1) is 5.92 Å². The lowest BCUT2D eigenvalue weighted by Gasteiger charge is -2.41. The maximum atomic E-state index is 12.0. The summed E-state index contributed by atoms with van der Waals surface area (Å²) in [7, 11) is 0. The molecule has 0 aromatic carbocycles. The molecule has 1 aliphatic rings. The van der Waals surface area contributed by atoms with Crippen LogP contribution in [0.1, 0.15) is 65.7 Å². The molecule has 0 spiro atoms. The summed E-state index contributed by atoms with van der Waals surface area (Å²) in [5.74, 6) is -0.593. The first-order valence-electron chi connectivity index (χ1n) is 7.99. The molecule has 4 heteroatoms. The molecule has 0 atom stereocenters. The second-order valence-corrected chi connectivity index (χ2v) is 5.94. The average molecular weight is 296 g/mol. The largest absolute Gasteiger partial charge is 0.456 e. The first-order valence-corrected chi connectivity index (χ1v) is 7.99. The molecule has 120 valence electrons. The van der Waals surface area contributed by atoms with Crippen molar-refractivity contribution in [3.05, 3.63) is 12.2 Å². The number of carbonyl (C=O) groups is 2. The summed E-state index contributed by atoms with van der Waals surface area (Å²) in [6.45, 7) is 8.83. The average Bonchev–Trinajstić information content (AvgIpc) is 2.51. The van der Waals surface area contributed by atoms with E-state index in [2.05, 4.69) is 20.4 Å². The molecule has 1 rings (SSSR count). The van der Waals surface area contributed by atoms with Crippen molar-refractivity contribution in [1.29, 1.82) is 0 Å². The molecule has 0 aromatic heterocycles. The van der Waals surface area contributed by atoms with Gasteiger partial charge in [0.05, 0.1) is 0 Å². The monoisotopic (exact) mass is 296 g/mol. The molecule has 1 aliphatic carbocycles. The zero-order chi connectivity index (χ0) is 15.9. The molecule has 1 fully saturated rings. The Balaban J connectivity index is 2.62. The summed E-state index contributed by atoms with van der Waals surface area (Å²) in [6.07, 6.45) is 7.50. The van der Waals surface area contributed by atoms with Gasteiger partial charge in [-0.05, 0) is 38.5 Å². The first kappa shape index (κ1) is 17.7. The van der Waals surface area contributed by atoms with Gasteiger partial charge in [-0.2, -0.15) is 0 Å². The molecule has 0 aromatic rings. The highest BCUT2D eigenvalue weighted by atomic mass is 16.6. The lowest BCUT2D eigenvalue weighted by Crippen LogP contribution is -2.43. The molecule has 0 radical (unpaired) electrons. The lowest BCUT2D eigenvalue weighted by molar-refractivity contribution is -0.177. The predicted molar refractivity (Wildman–Crippen MR) is 81.8 cm³/mol. The van der Waals surface area contributed by atoms with Gasteiger partial charge in [0, 0.05) is 5.57 Å². The third kappa shape index (κ3) is 4.87. The highest BCUT2D eigenvalue weighted by Gasteiger charge is 2.39. The van der Waals surface area contributed by atoms with E-state index in [9.17, 15) is 9.59 Å². The molecule has 21 heavy (non-hydrogen) atoms. The summed E-state index contributed by atoms with van der Waals surface area (Å²) < 4.78 is 10.6. The van der Waals surface area contributed by atoms with E-state index >= 15 is 0 Å². The number of ether oxygens (including phenoxy) is 2. The van der Waals surface area contributed by atoms with Gasteiger partial charge in [0.2, 0.25) is 0 Å². The van der Waals surface area contributed by atoms with Gasteiger partial charge < -0.3 is 9.47 Å². The summed E-state index contributed by atoms with van der Waals surface area (Å²) in [4.78, 5) is 23.3.